The van der Waals surface area contributed by atoms with E-state index in [1.165, 1.54) is 5.70 Å². The van der Waals surface area contributed by atoms with Crippen LogP contribution in [0.3, 0.4) is 0 Å². The summed E-state index contributed by atoms with van der Waals surface area (Å²) in [5, 5.41) is 3.58. The molecule has 0 saturated carbocycles. The number of rotatable bonds is 7. The number of nitrogens with one attached hydrogen (secondary N) is 1. The first-order valence-electron chi connectivity index (χ1n) is 8.90. The van der Waals surface area contributed by atoms with E-state index in [4.69, 9.17) is 14.2 Å². The number of thioether (sulfide) groups is 1. The summed E-state index contributed by atoms with van der Waals surface area (Å²) in [4.78, 5) is 1.09. The highest BCUT2D eigenvalue weighted by Gasteiger charge is 2.15. The quantitative estimate of drug-likeness (QED) is 0.730. The number of hydrogen-bond acceptors (Lipinski definition) is 5. The Hall–Kier alpha value is -1.59. The van der Waals surface area contributed by atoms with Gasteiger partial charge in [-0.2, -0.15) is 0 Å². The van der Waals surface area contributed by atoms with E-state index in [-0.39, 0.29) is 0 Å². The largest absolute Gasteiger partial charge is 0.497 e. The zero-order valence-corrected chi connectivity index (χ0v) is 15.9. The Balaban J connectivity index is 1.60. The monoisotopic (exact) mass is 361 g/mol. The molecule has 0 unspecified atom stereocenters. The van der Waals surface area contributed by atoms with E-state index in [2.05, 4.69) is 23.7 Å². The minimum Gasteiger partial charge on any atom is -0.497 e. The summed E-state index contributed by atoms with van der Waals surface area (Å²) in [5.41, 5.74) is 1.17. The summed E-state index contributed by atoms with van der Waals surface area (Å²) in [7, 11) is 1.69. The Labute approximate surface area is 154 Å². The van der Waals surface area contributed by atoms with Gasteiger partial charge in [0.05, 0.1) is 12.0 Å². The van der Waals surface area contributed by atoms with E-state index in [9.17, 15) is 0 Å². The molecule has 0 amide bonds. The van der Waals surface area contributed by atoms with E-state index in [1.54, 1.807) is 18.9 Å². The van der Waals surface area contributed by atoms with Gasteiger partial charge in [0.15, 0.2) is 0 Å². The molecule has 2 aliphatic rings. The van der Waals surface area contributed by atoms with Crippen molar-refractivity contribution in [2.75, 3.05) is 33.1 Å². The third-order valence-corrected chi connectivity index (χ3v) is 5.38. The van der Waals surface area contributed by atoms with Crippen molar-refractivity contribution in [2.24, 2.45) is 5.92 Å². The van der Waals surface area contributed by atoms with Gasteiger partial charge in [0.1, 0.15) is 17.3 Å². The van der Waals surface area contributed by atoms with E-state index < -0.39 is 0 Å². The molecule has 136 valence electrons. The SMILES string of the molecule is COc1ccc(OC2=CC(NCC3CCOCC3)=CCC2)c(SC)c1. The first-order chi connectivity index (χ1) is 12.3. The molecular formula is C20H27NO3S. The minimum atomic E-state index is 0.707. The van der Waals surface area contributed by atoms with Crippen LogP contribution < -0.4 is 14.8 Å². The van der Waals surface area contributed by atoms with Crippen molar-refractivity contribution >= 4 is 11.8 Å². The molecule has 1 N–H and O–H groups in total. The highest BCUT2D eigenvalue weighted by molar-refractivity contribution is 7.98. The molecule has 0 radical (unpaired) electrons. The number of ether oxygens (including phenoxy) is 3. The second kappa shape index (κ2) is 9.20. The van der Waals surface area contributed by atoms with Gasteiger partial charge in [0, 0.05) is 31.9 Å². The fourth-order valence-corrected chi connectivity index (χ4v) is 3.64. The second-order valence-electron chi connectivity index (χ2n) is 6.36. The highest BCUT2D eigenvalue weighted by Crippen LogP contribution is 2.33. The van der Waals surface area contributed by atoms with Crippen molar-refractivity contribution in [1.29, 1.82) is 0 Å². The first-order valence-corrected chi connectivity index (χ1v) is 10.1. The third kappa shape index (κ3) is 5.19. The van der Waals surface area contributed by atoms with Crippen LogP contribution in [-0.4, -0.2) is 33.1 Å². The normalized spacial score (nSPS) is 18.3. The summed E-state index contributed by atoms with van der Waals surface area (Å²) < 4.78 is 16.9. The molecule has 1 heterocycles. The molecule has 0 atom stereocenters. The van der Waals surface area contributed by atoms with Crippen molar-refractivity contribution in [3.05, 3.63) is 41.8 Å². The van der Waals surface area contributed by atoms with Crippen LogP contribution in [0.1, 0.15) is 25.7 Å². The maximum absolute atomic E-state index is 6.18. The van der Waals surface area contributed by atoms with Gasteiger partial charge in [-0.1, -0.05) is 6.08 Å². The summed E-state index contributed by atoms with van der Waals surface area (Å²) in [6.07, 6.45) is 10.7. The van der Waals surface area contributed by atoms with Crippen LogP contribution in [-0.2, 0) is 4.74 Å². The van der Waals surface area contributed by atoms with E-state index in [0.29, 0.717) is 5.92 Å². The fourth-order valence-electron chi connectivity index (χ4n) is 3.09. The fraction of sp³-hybridized carbons (Fsp3) is 0.500. The van der Waals surface area contributed by atoms with Gasteiger partial charge in [-0.3, -0.25) is 0 Å². The summed E-state index contributed by atoms with van der Waals surface area (Å²) in [5.74, 6) is 3.47. The van der Waals surface area contributed by atoms with Crippen LogP contribution in [0.5, 0.6) is 11.5 Å². The molecule has 4 nitrogen and oxygen atoms in total. The number of benzene rings is 1. The Bertz CT molecular complexity index is 636. The highest BCUT2D eigenvalue weighted by atomic mass is 32.2. The predicted octanol–water partition coefficient (Wildman–Crippen LogP) is 4.37. The molecule has 1 aliphatic heterocycles. The lowest BCUT2D eigenvalue weighted by molar-refractivity contribution is 0.0670. The minimum absolute atomic E-state index is 0.707. The lowest BCUT2D eigenvalue weighted by Gasteiger charge is -2.24. The van der Waals surface area contributed by atoms with Gasteiger partial charge in [-0.25, -0.2) is 0 Å². The lowest BCUT2D eigenvalue weighted by atomic mass is 10.00. The van der Waals surface area contributed by atoms with Gasteiger partial charge in [-0.05, 0) is 55.7 Å². The van der Waals surface area contributed by atoms with E-state index in [1.807, 2.05) is 18.2 Å². The molecule has 1 saturated heterocycles. The van der Waals surface area contributed by atoms with Crippen molar-refractivity contribution < 1.29 is 14.2 Å². The molecule has 1 aromatic rings. The maximum Gasteiger partial charge on any atom is 0.140 e. The zero-order valence-electron chi connectivity index (χ0n) is 15.0. The third-order valence-electron chi connectivity index (χ3n) is 4.62. The van der Waals surface area contributed by atoms with Crippen LogP contribution in [0.2, 0.25) is 0 Å². The number of hydrogen-bond donors (Lipinski definition) is 1. The van der Waals surface area contributed by atoms with Crippen LogP contribution in [0.15, 0.2) is 46.7 Å². The molecule has 1 aromatic carbocycles. The Morgan fingerprint density at radius 2 is 2.12 bits per heavy atom. The van der Waals surface area contributed by atoms with Crippen LogP contribution in [0, 0.1) is 5.92 Å². The van der Waals surface area contributed by atoms with Gasteiger partial charge in [0.25, 0.3) is 0 Å². The Kier molecular flexibility index (Phi) is 6.70. The van der Waals surface area contributed by atoms with Crippen LogP contribution >= 0.6 is 11.8 Å². The maximum atomic E-state index is 6.18. The molecule has 1 aliphatic carbocycles. The summed E-state index contributed by atoms with van der Waals surface area (Å²) >= 11 is 1.67. The average molecular weight is 362 g/mol. The van der Waals surface area contributed by atoms with Crippen molar-refractivity contribution in [2.45, 2.75) is 30.6 Å². The van der Waals surface area contributed by atoms with E-state index in [0.717, 1.165) is 67.6 Å². The number of methoxy groups -OCH3 is 1. The van der Waals surface area contributed by atoms with Gasteiger partial charge >= 0.3 is 0 Å². The predicted molar refractivity (Wildman–Crippen MR) is 102 cm³/mol. The van der Waals surface area contributed by atoms with Crippen LogP contribution in [0.4, 0.5) is 0 Å². The molecule has 0 spiro atoms. The molecule has 3 rings (SSSR count). The summed E-state index contributed by atoms with van der Waals surface area (Å²) in [6, 6.07) is 5.95. The smallest absolute Gasteiger partial charge is 0.140 e. The Morgan fingerprint density at radius 3 is 2.88 bits per heavy atom. The lowest BCUT2D eigenvalue weighted by Crippen LogP contribution is -2.27. The van der Waals surface area contributed by atoms with Gasteiger partial charge < -0.3 is 19.5 Å². The summed E-state index contributed by atoms with van der Waals surface area (Å²) in [6.45, 7) is 2.80. The standard InChI is InChI=1S/C20H27NO3S/c1-22-17-6-7-19(20(13-17)25-2)24-18-5-3-4-16(12-18)21-14-15-8-10-23-11-9-15/h4,6-7,12-13,15,21H,3,5,8-11,14H2,1-2H3. The number of allylic oxidation sites excluding steroid dienone is 3. The van der Waals surface area contributed by atoms with Crippen molar-refractivity contribution in [3.8, 4) is 11.5 Å². The Morgan fingerprint density at radius 1 is 1.28 bits per heavy atom. The topological polar surface area (TPSA) is 39.7 Å². The van der Waals surface area contributed by atoms with Gasteiger partial charge in [-0.15, -0.1) is 11.8 Å². The zero-order chi connectivity index (χ0) is 17.5. The average Bonchev–Trinajstić information content (AvgIpc) is 2.68. The van der Waals surface area contributed by atoms with Crippen molar-refractivity contribution in [1.82, 2.24) is 5.32 Å². The molecule has 5 heteroatoms. The second-order valence-corrected chi connectivity index (χ2v) is 7.21. The van der Waals surface area contributed by atoms with Crippen LogP contribution in [0.25, 0.3) is 0 Å². The van der Waals surface area contributed by atoms with Gasteiger partial charge in [0.2, 0.25) is 0 Å². The molecule has 25 heavy (non-hydrogen) atoms. The van der Waals surface area contributed by atoms with E-state index >= 15 is 0 Å². The van der Waals surface area contributed by atoms with Crippen molar-refractivity contribution in [3.63, 3.8) is 0 Å². The molecule has 0 aromatic heterocycles. The molecule has 0 bridgehead atoms. The molecule has 1 fully saturated rings. The molecular weight excluding hydrogens is 334 g/mol. The first kappa shape index (κ1) is 18.2.